The minimum Gasteiger partial charge on any atom is -0.490 e. The van der Waals surface area contributed by atoms with Crippen LogP contribution >= 0.6 is 15.9 Å². The molecule has 0 aromatic heterocycles. The van der Waals surface area contributed by atoms with Crippen LogP contribution in [-0.4, -0.2) is 24.6 Å². The maximum atomic E-state index is 13.1. The fraction of sp³-hybridized carbons (Fsp3) is 0.192. The van der Waals surface area contributed by atoms with Crippen molar-refractivity contribution in [3.05, 3.63) is 87.6 Å². The molecule has 3 aromatic carbocycles. The van der Waals surface area contributed by atoms with Crippen LogP contribution in [0.4, 0.5) is 10.1 Å². The van der Waals surface area contributed by atoms with E-state index in [1.54, 1.807) is 36.4 Å². The molecule has 3 aromatic rings. The predicted octanol–water partition coefficient (Wildman–Crippen LogP) is 5.22. The Morgan fingerprint density at radius 2 is 1.77 bits per heavy atom. The molecule has 182 valence electrons. The summed E-state index contributed by atoms with van der Waals surface area (Å²) >= 11 is 3.47. The normalized spacial score (nSPS) is 10.7. The number of anilines is 1. The van der Waals surface area contributed by atoms with Crippen LogP contribution in [0.3, 0.4) is 0 Å². The number of nitrogens with zero attached hydrogens (tertiary/aromatic N) is 1. The number of hydrazone groups is 1. The zero-order chi connectivity index (χ0) is 25.2. The van der Waals surface area contributed by atoms with E-state index in [1.807, 2.05) is 26.0 Å². The van der Waals surface area contributed by atoms with Gasteiger partial charge in [-0.05, 0) is 76.3 Å². The minimum atomic E-state index is -0.893. The Bertz CT molecular complexity index is 1220. The largest absolute Gasteiger partial charge is 0.490 e. The zero-order valence-corrected chi connectivity index (χ0v) is 20.9. The van der Waals surface area contributed by atoms with Gasteiger partial charge in [0.15, 0.2) is 11.5 Å². The van der Waals surface area contributed by atoms with Crippen molar-refractivity contribution in [2.75, 3.05) is 11.9 Å². The van der Waals surface area contributed by atoms with Gasteiger partial charge in [0, 0.05) is 5.69 Å². The first-order valence-electron chi connectivity index (χ1n) is 11.0. The highest BCUT2D eigenvalue weighted by molar-refractivity contribution is 9.10. The van der Waals surface area contributed by atoms with E-state index in [0.717, 1.165) is 17.5 Å². The summed E-state index contributed by atoms with van der Waals surface area (Å²) in [5.41, 5.74) is 5.14. The number of benzene rings is 3. The molecule has 0 bridgehead atoms. The second kappa shape index (κ2) is 12.7. The van der Waals surface area contributed by atoms with E-state index in [4.69, 9.17) is 9.47 Å². The summed E-state index contributed by atoms with van der Waals surface area (Å²) in [6.45, 7) is 4.42. The van der Waals surface area contributed by atoms with Gasteiger partial charge in [0.25, 0.3) is 0 Å². The molecule has 0 saturated carbocycles. The first-order valence-corrected chi connectivity index (χ1v) is 11.8. The van der Waals surface area contributed by atoms with Crippen LogP contribution in [0.2, 0.25) is 0 Å². The molecule has 0 atom stereocenters. The summed E-state index contributed by atoms with van der Waals surface area (Å²) in [5, 5.41) is 6.48. The Hall–Kier alpha value is -3.72. The number of para-hydroxylation sites is 1. The Balaban J connectivity index is 1.65. The standard InChI is InChI=1S/C26H25BrFN3O4/c1-3-19-7-5-6-8-22(19)30-25(32)26(33)31-29-15-18-13-21(27)24(23(14-18)34-4-2)35-16-17-9-11-20(28)12-10-17/h5-15H,3-4,16H2,1-2H3,(H,30,32)(H,31,33). The van der Waals surface area contributed by atoms with E-state index in [0.29, 0.717) is 33.8 Å². The van der Waals surface area contributed by atoms with Crippen molar-refractivity contribution < 1.29 is 23.5 Å². The third-order valence-electron chi connectivity index (χ3n) is 4.86. The summed E-state index contributed by atoms with van der Waals surface area (Å²) in [6.07, 6.45) is 2.11. The van der Waals surface area contributed by atoms with Crippen LogP contribution in [-0.2, 0) is 22.6 Å². The molecular weight excluding hydrogens is 517 g/mol. The number of carbonyl (C=O) groups is 2. The molecule has 0 aliphatic carbocycles. The predicted molar refractivity (Wildman–Crippen MR) is 136 cm³/mol. The molecule has 0 saturated heterocycles. The highest BCUT2D eigenvalue weighted by atomic mass is 79.9. The van der Waals surface area contributed by atoms with E-state index >= 15 is 0 Å². The van der Waals surface area contributed by atoms with Gasteiger partial charge in [-0.2, -0.15) is 5.10 Å². The maximum Gasteiger partial charge on any atom is 0.329 e. The molecule has 2 N–H and O–H groups in total. The molecule has 9 heteroatoms. The van der Waals surface area contributed by atoms with Crippen LogP contribution in [0.1, 0.15) is 30.5 Å². The van der Waals surface area contributed by atoms with Crippen LogP contribution in [0.25, 0.3) is 0 Å². The summed E-state index contributed by atoms with van der Waals surface area (Å²) in [5.74, 6) is -1.08. The van der Waals surface area contributed by atoms with Gasteiger partial charge in [0.2, 0.25) is 0 Å². The van der Waals surface area contributed by atoms with E-state index in [-0.39, 0.29) is 12.4 Å². The number of hydrogen-bond acceptors (Lipinski definition) is 5. The second-order valence-electron chi connectivity index (χ2n) is 7.34. The summed E-state index contributed by atoms with van der Waals surface area (Å²) in [6, 6.07) is 16.7. The first kappa shape index (κ1) is 25.9. The van der Waals surface area contributed by atoms with Crippen molar-refractivity contribution in [2.45, 2.75) is 26.9 Å². The fourth-order valence-electron chi connectivity index (χ4n) is 3.15. The second-order valence-corrected chi connectivity index (χ2v) is 8.20. The lowest BCUT2D eigenvalue weighted by molar-refractivity contribution is -0.136. The summed E-state index contributed by atoms with van der Waals surface area (Å²) < 4.78 is 25.3. The SMILES string of the molecule is CCOc1cc(C=NNC(=O)C(=O)Nc2ccccc2CC)cc(Br)c1OCc1ccc(F)cc1. The number of halogens is 2. The lowest BCUT2D eigenvalue weighted by atomic mass is 10.1. The van der Waals surface area contributed by atoms with Gasteiger partial charge in [0.1, 0.15) is 12.4 Å². The van der Waals surface area contributed by atoms with Gasteiger partial charge in [0.05, 0.1) is 17.3 Å². The van der Waals surface area contributed by atoms with Gasteiger partial charge in [-0.25, -0.2) is 9.82 Å². The van der Waals surface area contributed by atoms with Crippen molar-refractivity contribution in [2.24, 2.45) is 5.10 Å². The molecular formula is C26H25BrFN3O4. The van der Waals surface area contributed by atoms with Crippen molar-refractivity contribution in [1.29, 1.82) is 0 Å². The van der Waals surface area contributed by atoms with Crippen LogP contribution in [0, 0.1) is 5.82 Å². The average molecular weight is 542 g/mol. The van der Waals surface area contributed by atoms with Crippen molar-refractivity contribution >= 4 is 39.6 Å². The van der Waals surface area contributed by atoms with E-state index in [2.05, 4.69) is 31.8 Å². The van der Waals surface area contributed by atoms with Crippen molar-refractivity contribution in [3.63, 3.8) is 0 Å². The average Bonchev–Trinajstić information content (AvgIpc) is 2.85. The van der Waals surface area contributed by atoms with Gasteiger partial charge in [-0.3, -0.25) is 9.59 Å². The summed E-state index contributed by atoms with van der Waals surface area (Å²) in [4.78, 5) is 24.4. The van der Waals surface area contributed by atoms with Crippen molar-refractivity contribution in [3.8, 4) is 11.5 Å². The third kappa shape index (κ3) is 7.38. The molecule has 0 fully saturated rings. The smallest absolute Gasteiger partial charge is 0.329 e. The van der Waals surface area contributed by atoms with E-state index in [9.17, 15) is 14.0 Å². The van der Waals surface area contributed by atoms with Crippen molar-refractivity contribution in [1.82, 2.24) is 5.43 Å². The van der Waals surface area contributed by atoms with Crippen LogP contribution in [0.15, 0.2) is 70.2 Å². The number of aryl methyl sites for hydroxylation is 1. The molecule has 0 aliphatic rings. The van der Waals surface area contributed by atoms with Crippen LogP contribution in [0.5, 0.6) is 11.5 Å². The molecule has 35 heavy (non-hydrogen) atoms. The molecule has 0 radical (unpaired) electrons. The first-order chi connectivity index (χ1) is 16.9. The molecule has 2 amide bonds. The Labute approximate surface area is 211 Å². The molecule has 0 spiro atoms. The number of ether oxygens (including phenoxy) is 2. The quantitative estimate of drug-likeness (QED) is 0.221. The highest BCUT2D eigenvalue weighted by Crippen LogP contribution is 2.37. The zero-order valence-electron chi connectivity index (χ0n) is 19.3. The minimum absolute atomic E-state index is 0.221. The van der Waals surface area contributed by atoms with E-state index < -0.39 is 11.8 Å². The topological polar surface area (TPSA) is 89.0 Å². The maximum absolute atomic E-state index is 13.1. The molecule has 0 aliphatic heterocycles. The third-order valence-corrected chi connectivity index (χ3v) is 5.45. The van der Waals surface area contributed by atoms with E-state index in [1.165, 1.54) is 18.3 Å². The Kier molecular flexibility index (Phi) is 9.37. The lowest BCUT2D eigenvalue weighted by Crippen LogP contribution is -2.32. The highest BCUT2D eigenvalue weighted by Gasteiger charge is 2.15. The lowest BCUT2D eigenvalue weighted by Gasteiger charge is -2.14. The van der Waals surface area contributed by atoms with Gasteiger partial charge in [-0.1, -0.05) is 37.3 Å². The monoisotopic (exact) mass is 541 g/mol. The van der Waals surface area contributed by atoms with Crippen LogP contribution < -0.4 is 20.2 Å². The molecule has 3 rings (SSSR count). The molecule has 7 nitrogen and oxygen atoms in total. The van der Waals surface area contributed by atoms with Gasteiger partial charge in [-0.15, -0.1) is 0 Å². The van der Waals surface area contributed by atoms with Gasteiger partial charge < -0.3 is 14.8 Å². The molecule has 0 unspecified atom stereocenters. The summed E-state index contributed by atoms with van der Waals surface area (Å²) in [7, 11) is 0. The number of amides is 2. The Morgan fingerprint density at radius 1 is 1.03 bits per heavy atom. The molecule has 0 heterocycles. The van der Waals surface area contributed by atoms with Gasteiger partial charge >= 0.3 is 11.8 Å². The Morgan fingerprint density at radius 3 is 2.49 bits per heavy atom. The number of rotatable bonds is 9. The number of nitrogens with one attached hydrogen (secondary N) is 2. The number of carbonyl (C=O) groups excluding carboxylic acids is 2. The number of hydrogen-bond donors (Lipinski definition) is 2. The fourth-order valence-corrected chi connectivity index (χ4v) is 3.72.